The fraction of sp³-hybridized carbons (Fsp3) is 0.920. The first kappa shape index (κ1) is 51.0. The maximum absolute atomic E-state index is 14.7. The van der Waals surface area contributed by atoms with Crippen LogP contribution in [0.4, 0.5) is 0 Å². The number of carbonyl (C=O) groups excluding carboxylic acids is 2. The molecule has 6 aliphatic carbocycles. The molecule has 9 rings (SSSR count). The van der Waals surface area contributed by atoms with E-state index in [1.165, 1.54) is 5.57 Å². The normalized spacial score (nSPS) is 53.6. The van der Waals surface area contributed by atoms with Crippen LogP contribution in [0.15, 0.2) is 11.6 Å². The molecule has 0 spiro atoms. The van der Waals surface area contributed by atoms with Gasteiger partial charge in [0, 0.05) is 0 Å². The number of aliphatic hydroxyl groups is 9. The maximum Gasteiger partial charge on any atom is 0.338 e. The molecule has 0 aromatic heterocycles. The molecule has 8 fully saturated rings. The summed E-state index contributed by atoms with van der Waals surface area (Å²) in [5.74, 6) is -1.02. The number of allylic oxidation sites excluding steroid dienone is 2. The molecular weight excluding hydrogens is 889 g/mol. The molecule has 18 nitrogen and oxygen atoms in total. The minimum atomic E-state index is -1.79. The Morgan fingerprint density at radius 1 is 0.735 bits per heavy atom. The largest absolute Gasteiger partial charge is 0.464 e. The van der Waals surface area contributed by atoms with Gasteiger partial charge in [-0.1, -0.05) is 66.5 Å². The first-order valence-electron chi connectivity index (χ1n) is 25.3. The van der Waals surface area contributed by atoms with Crippen LogP contribution in [0, 0.1) is 56.2 Å². The van der Waals surface area contributed by atoms with E-state index in [0.717, 1.165) is 51.4 Å². The quantitative estimate of drug-likeness (QED) is 0.0612. The second-order valence-electron chi connectivity index (χ2n) is 23.9. The van der Waals surface area contributed by atoms with Gasteiger partial charge in [0.2, 0.25) is 6.29 Å². The number of fused-ring (bicyclic) bond motifs is 6. The summed E-state index contributed by atoms with van der Waals surface area (Å²) >= 11 is 0. The van der Waals surface area contributed by atoms with Crippen LogP contribution >= 0.6 is 0 Å². The summed E-state index contributed by atoms with van der Waals surface area (Å²) in [5.41, 5.74) is -0.727. The van der Waals surface area contributed by atoms with E-state index in [1.807, 2.05) is 6.92 Å². The van der Waals surface area contributed by atoms with Crippen molar-refractivity contribution in [2.24, 2.45) is 56.2 Å². The van der Waals surface area contributed by atoms with Crippen molar-refractivity contribution in [2.45, 2.75) is 211 Å². The van der Waals surface area contributed by atoms with Crippen molar-refractivity contribution in [1.82, 2.24) is 0 Å². The van der Waals surface area contributed by atoms with Gasteiger partial charge in [-0.3, -0.25) is 4.79 Å². The van der Waals surface area contributed by atoms with E-state index in [0.29, 0.717) is 19.3 Å². The minimum Gasteiger partial charge on any atom is -0.464 e. The third-order valence-corrected chi connectivity index (χ3v) is 20.3. The molecule has 4 bridgehead atoms. The molecule has 24 atom stereocenters. The highest BCUT2D eigenvalue weighted by molar-refractivity contribution is 5.81. The average Bonchev–Trinajstić information content (AvgIpc) is 3.67. The molecule has 3 heterocycles. The summed E-state index contributed by atoms with van der Waals surface area (Å²) in [6, 6.07) is 0. The van der Waals surface area contributed by atoms with Gasteiger partial charge in [-0.25, -0.2) is 4.79 Å². The molecule has 68 heavy (non-hydrogen) atoms. The monoisotopic (exact) mass is 967 g/mol. The van der Waals surface area contributed by atoms with Crippen molar-refractivity contribution in [3.63, 3.8) is 0 Å². The molecule has 0 aromatic rings. The Labute approximate surface area is 398 Å². The van der Waals surface area contributed by atoms with Crippen LogP contribution in [0.5, 0.6) is 0 Å². The van der Waals surface area contributed by atoms with Crippen LogP contribution in [0.3, 0.4) is 0 Å². The van der Waals surface area contributed by atoms with Gasteiger partial charge in [0.05, 0.1) is 31.3 Å². The van der Waals surface area contributed by atoms with Crippen molar-refractivity contribution in [1.29, 1.82) is 0 Å². The molecule has 3 saturated heterocycles. The minimum absolute atomic E-state index is 0.0121. The molecule has 24 unspecified atom stereocenters. The van der Waals surface area contributed by atoms with Crippen LogP contribution in [0.1, 0.15) is 119 Å². The van der Waals surface area contributed by atoms with E-state index in [1.54, 1.807) is 0 Å². The van der Waals surface area contributed by atoms with Gasteiger partial charge in [-0.15, -0.1) is 0 Å². The summed E-state index contributed by atoms with van der Waals surface area (Å²) in [7, 11) is 0. The smallest absolute Gasteiger partial charge is 0.338 e. The second kappa shape index (κ2) is 18.0. The molecule has 3 aliphatic heterocycles. The lowest BCUT2D eigenvalue weighted by Gasteiger charge is -2.70. The van der Waals surface area contributed by atoms with Gasteiger partial charge in [0.1, 0.15) is 61.0 Å². The Morgan fingerprint density at radius 2 is 1.46 bits per heavy atom. The average molecular weight is 967 g/mol. The molecule has 0 amide bonds. The fourth-order valence-corrected chi connectivity index (χ4v) is 16.3. The zero-order chi connectivity index (χ0) is 49.3. The second-order valence-corrected chi connectivity index (χ2v) is 23.9. The van der Waals surface area contributed by atoms with Crippen molar-refractivity contribution < 1.29 is 88.7 Å². The van der Waals surface area contributed by atoms with Crippen molar-refractivity contribution in [3.05, 3.63) is 11.6 Å². The first-order chi connectivity index (χ1) is 31.9. The molecule has 386 valence electrons. The van der Waals surface area contributed by atoms with Gasteiger partial charge in [-0.2, -0.15) is 0 Å². The lowest BCUT2D eigenvalue weighted by Crippen LogP contribution is -2.67. The van der Waals surface area contributed by atoms with Gasteiger partial charge < -0.3 is 79.1 Å². The summed E-state index contributed by atoms with van der Waals surface area (Å²) in [4.78, 5) is 28.1. The van der Waals surface area contributed by atoms with Crippen LogP contribution in [-0.4, -0.2) is 170 Å². The van der Waals surface area contributed by atoms with E-state index in [-0.39, 0.29) is 58.5 Å². The first-order valence-corrected chi connectivity index (χ1v) is 25.3. The Bertz CT molecular complexity index is 1930. The summed E-state index contributed by atoms with van der Waals surface area (Å²) < 4.78 is 41.8. The van der Waals surface area contributed by atoms with Gasteiger partial charge in [-0.05, 0) is 115 Å². The lowest BCUT2D eigenvalue weighted by molar-refractivity contribution is -0.366. The fourth-order valence-electron chi connectivity index (χ4n) is 16.3. The molecule has 18 heteroatoms. The third-order valence-electron chi connectivity index (χ3n) is 20.3. The van der Waals surface area contributed by atoms with Crippen LogP contribution < -0.4 is 0 Å². The van der Waals surface area contributed by atoms with Gasteiger partial charge in [0.15, 0.2) is 18.7 Å². The Morgan fingerprint density at radius 3 is 2.16 bits per heavy atom. The number of carbonyl (C=O) groups is 2. The highest BCUT2D eigenvalue weighted by Gasteiger charge is 2.78. The van der Waals surface area contributed by atoms with Gasteiger partial charge in [0.25, 0.3) is 0 Å². The van der Waals surface area contributed by atoms with E-state index in [4.69, 9.17) is 33.2 Å². The number of unbranched alkanes of at least 4 members (excludes halogenated alkanes) is 1. The topological polar surface area (TPSA) is 281 Å². The molecule has 0 radical (unpaired) electrons. The predicted octanol–water partition coefficient (Wildman–Crippen LogP) is 1.35. The Hall–Kier alpha value is -1.88. The predicted molar refractivity (Wildman–Crippen MR) is 236 cm³/mol. The highest BCUT2D eigenvalue weighted by atomic mass is 16.8. The molecular formula is C50H78O18. The molecule has 9 N–H and O–H groups in total. The summed E-state index contributed by atoms with van der Waals surface area (Å²) in [6.07, 6.45) is -11.6. The van der Waals surface area contributed by atoms with Crippen molar-refractivity contribution in [2.75, 3.05) is 19.8 Å². The van der Waals surface area contributed by atoms with Crippen LogP contribution in [0.25, 0.3) is 0 Å². The lowest BCUT2D eigenvalue weighted by atomic mass is 9.34. The molecule has 0 aromatic carbocycles. The van der Waals surface area contributed by atoms with Crippen molar-refractivity contribution >= 4 is 11.9 Å². The van der Waals surface area contributed by atoms with Crippen LogP contribution in [-0.2, 0) is 42.7 Å². The highest BCUT2D eigenvalue weighted by Crippen LogP contribution is 2.82. The number of hydrogen-bond donors (Lipinski definition) is 9. The Kier molecular flexibility index (Phi) is 13.5. The van der Waals surface area contributed by atoms with Gasteiger partial charge >= 0.3 is 11.9 Å². The number of hydrogen-bond acceptors (Lipinski definition) is 18. The standard InChI is InChI=1S/C50H78O18/c1-8-9-18-62-40(60)38-34(56)35(57)39(67-41-36(58)31(53)25(52)22-63-41)43(66-38)65-30-13-14-47(5)27(45(30,2)3)12-15-48(6)28(47)11-10-23-24-19-46(4)16-17-50(24,29(46)20-49(23,48)7)44(61)68-42-37(59)33(55)32(54)26(21-51)64-42/h10,24-39,41-43,51-59H,8-9,11-22H2,1-7H3. The zero-order valence-electron chi connectivity index (χ0n) is 40.6. The summed E-state index contributed by atoms with van der Waals surface area (Å²) in [5, 5.41) is 95.8. The SMILES string of the molecule is CCCCOC(=O)C1OC(OC2CCC3(C)C(CCC4(C)C3CC=C3C5CC6(C)CCC5(C(=O)OC5OC(CO)C(O)C(O)C5O)C6CC34C)C2(C)C)C(OC2OCC(O)C(O)C2O)C(O)C1O. The number of aliphatic hydroxyl groups excluding tert-OH is 9. The zero-order valence-corrected chi connectivity index (χ0v) is 40.6. The summed E-state index contributed by atoms with van der Waals surface area (Å²) in [6.45, 7) is 15.0. The van der Waals surface area contributed by atoms with E-state index in [2.05, 4.69) is 47.6 Å². The number of rotatable bonds is 11. The molecule has 5 saturated carbocycles. The third kappa shape index (κ3) is 7.45. The van der Waals surface area contributed by atoms with E-state index >= 15 is 0 Å². The number of esters is 2. The van der Waals surface area contributed by atoms with Crippen molar-refractivity contribution in [3.8, 4) is 0 Å². The van der Waals surface area contributed by atoms with E-state index in [9.17, 15) is 55.5 Å². The van der Waals surface area contributed by atoms with E-state index < -0.39 is 121 Å². The molecule has 9 aliphatic rings. The van der Waals surface area contributed by atoms with Crippen LogP contribution in [0.2, 0.25) is 0 Å². The Balaban J connectivity index is 0.966. The number of ether oxygens (including phenoxy) is 7. The maximum atomic E-state index is 14.7.